The van der Waals surface area contributed by atoms with Gasteiger partial charge >= 0.3 is 0 Å². The number of nitrogens with one attached hydrogen (secondary N) is 2. The highest BCUT2D eigenvalue weighted by atomic mass is 16.2. The van der Waals surface area contributed by atoms with Crippen molar-refractivity contribution in [1.29, 1.82) is 0 Å². The van der Waals surface area contributed by atoms with Crippen molar-refractivity contribution in [2.75, 3.05) is 17.2 Å². The van der Waals surface area contributed by atoms with Gasteiger partial charge in [-0.15, -0.1) is 10.2 Å². The Morgan fingerprint density at radius 3 is 2.58 bits per heavy atom. The van der Waals surface area contributed by atoms with Crippen molar-refractivity contribution >= 4 is 23.2 Å². The number of amides is 2. The summed E-state index contributed by atoms with van der Waals surface area (Å²) in [4.78, 5) is 23.6. The molecule has 8 heteroatoms. The number of hydrogen-bond donors (Lipinski definition) is 3. The standard InChI is InChI=1S/C18H18N6O2/c19-18(26)15-6-1-2-7-16(15)20-9-17(25)23-14-5-3-4-13(8-14)10-24-11-21-22-12-24/h1-8,11-12,20H,9-10H2,(H2,19,26)(H,23,25). The molecule has 0 aliphatic rings. The average molecular weight is 350 g/mol. The van der Waals surface area contributed by atoms with Gasteiger partial charge in [0, 0.05) is 11.4 Å². The van der Waals surface area contributed by atoms with Crippen molar-refractivity contribution in [1.82, 2.24) is 14.8 Å². The number of benzene rings is 2. The SMILES string of the molecule is NC(=O)c1ccccc1NCC(=O)Nc1cccc(Cn2cnnc2)c1. The van der Waals surface area contributed by atoms with Gasteiger partial charge in [0.1, 0.15) is 12.7 Å². The summed E-state index contributed by atoms with van der Waals surface area (Å²) in [5.74, 6) is -0.777. The predicted molar refractivity (Wildman–Crippen MR) is 97.6 cm³/mol. The molecule has 8 nitrogen and oxygen atoms in total. The number of anilines is 2. The molecule has 0 unspecified atom stereocenters. The highest BCUT2D eigenvalue weighted by molar-refractivity contribution is 6.00. The molecule has 0 bridgehead atoms. The van der Waals surface area contributed by atoms with Gasteiger partial charge in [0.2, 0.25) is 5.91 Å². The fourth-order valence-electron chi connectivity index (χ4n) is 2.49. The normalized spacial score (nSPS) is 10.3. The molecular formula is C18H18N6O2. The van der Waals surface area contributed by atoms with Crippen molar-refractivity contribution in [3.8, 4) is 0 Å². The number of hydrogen-bond acceptors (Lipinski definition) is 5. The van der Waals surface area contributed by atoms with E-state index in [0.29, 0.717) is 23.5 Å². The predicted octanol–water partition coefficient (Wildman–Crippen LogP) is 1.48. The molecule has 1 heterocycles. The van der Waals surface area contributed by atoms with Gasteiger partial charge in [0.25, 0.3) is 5.91 Å². The molecule has 0 aliphatic heterocycles. The molecule has 2 aromatic carbocycles. The summed E-state index contributed by atoms with van der Waals surface area (Å²) in [5, 5.41) is 13.3. The molecule has 132 valence electrons. The maximum Gasteiger partial charge on any atom is 0.250 e. The third-order valence-corrected chi connectivity index (χ3v) is 3.67. The van der Waals surface area contributed by atoms with Crippen LogP contribution in [0.4, 0.5) is 11.4 Å². The Bertz CT molecular complexity index is 908. The largest absolute Gasteiger partial charge is 0.376 e. The van der Waals surface area contributed by atoms with Gasteiger partial charge in [-0.1, -0.05) is 24.3 Å². The number of carbonyl (C=O) groups excluding carboxylic acids is 2. The molecular weight excluding hydrogens is 332 g/mol. The molecule has 0 fully saturated rings. The summed E-state index contributed by atoms with van der Waals surface area (Å²) >= 11 is 0. The highest BCUT2D eigenvalue weighted by Crippen LogP contribution is 2.15. The molecule has 2 amide bonds. The molecule has 0 aliphatic carbocycles. The molecule has 0 atom stereocenters. The minimum absolute atomic E-state index is 0.0139. The molecule has 1 aromatic heterocycles. The second-order valence-corrected chi connectivity index (χ2v) is 5.65. The van der Waals surface area contributed by atoms with E-state index in [2.05, 4.69) is 20.8 Å². The van der Waals surface area contributed by atoms with Crippen LogP contribution in [0.15, 0.2) is 61.2 Å². The smallest absolute Gasteiger partial charge is 0.250 e. The first-order valence-corrected chi connectivity index (χ1v) is 7.96. The Hall–Kier alpha value is -3.68. The lowest BCUT2D eigenvalue weighted by molar-refractivity contribution is -0.114. The molecule has 0 saturated heterocycles. The number of aromatic nitrogens is 3. The van der Waals surface area contributed by atoms with E-state index < -0.39 is 5.91 Å². The molecule has 0 radical (unpaired) electrons. The summed E-state index contributed by atoms with van der Waals surface area (Å²) in [6.45, 7) is 0.626. The average Bonchev–Trinajstić information content (AvgIpc) is 3.13. The van der Waals surface area contributed by atoms with Crippen molar-refractivity contribution in [2.24, 2.45) is 5.73 Å². The Kier molecular flexibility index (Phi) is 5.23. The number of para-hydroxylation sites is 1. The first-order valence-electron chi connectivity index (χ1n) is 7.96. The van der Waals surface area contributed by atoms with E-state index in [0.717, 1.165) is 5.56 Å². The van der Waals surface area contributed by atoms with Gasteiger partial charge < -0.3 is 20.9 Å². The van der Waals surface area contributed by atoms with Crippen LogP contribution < -0.4 is 16.4 Å². The van der Waals surface area contributed by atoms with E-state index in [1.54, 1.807) is 36.9 Å². The van der Waals surface area contributed by atoms with Crippen LogP contribution >= 0.6 is 0 Å². The second-order valence-electron chi connectivity index (χ2n) is 5.65. The van der Waals surface area contributed by atoms with Crippen molar-refractivity contribution in [3.63, 3.8) is 0 Å². The van der Waals surface area contributed by atoms with Gasteiger partial charge in [0.05, 0.1) is 18.7 Å². The van der Waals surface area contributed by atoms with E-state index in [4.69, 9.17) is 5.73 Å². The fourth-order valence-corrected chi connectivity index (χ4v) is 2.49. The lowest BCUT2D eigenvalue weighted by Crippen LogP contribution is -2.23. The molecule has 0 spiro atoms. The van der Waals surface area contributed by atoms with Crippen LogP contribution in [0.2, 0.25) is 0 Å². The van der Waals surface area contributed by atoms with E-state index in [-0.39, 0.29) is 12.5 Å². The zero-order valence-electron chi connectivity index (χ0n) is 13.9. The number of rotatable bonds is 7. The monoisotopic (exact) mass is 350 g/mol. The fraction of sp³-hybridized carbons (Fsp3) is 0.111. The van der Waals surface area contributed by atoms with Gasteiger partial charge in [-0.05, 0) is 29.8 Å². The van der Waals surface area contributed by atoms with E-state index in [1.165, 1.54) is 0 Å². The summed E-state index contributed by atoms with van der Waals surface area (Å²) in [6, 6.07) is 14.3. The van der Waals surface area contributed by atoms with Crippen LogP contribution in [0.25, 0.3) is 0 Å². The molecule has 0 saturated carbocycles. The van der Waals surface area contributed by atoms with Crippen molar-refractivity contribution in [3.05, 3.63) is 72.3 Å². The summed E-state index contributed by atoms with van der Waals surface area (Å²) in [5.41, 5.74) is 7.89. The first-order chi connectivity index (χ1) is 12.6. The second kappa shape index (κ2) is 7.93. The Labute approximate surface area is 150 Å². The number of nitrogens with zero attached hydrogens (tertiary/aromatic N) is 3. The van der Waals surface area contributed by atoms with Gasteiger partial charge in [-0.25, -0.2) is 0 Å². The lowest BCUT2D eigenvalue weighted by atomic mass is 10.1. The van der Waals surface area contributed by atoms with Crippen LogP contribution in [0.5, 0.6) is 0 Å². The van der Waals surface area contributed by atoms with Crippen LogP contribution in [0.1, 0.15) is 15.9 Å². The van der Waals surface area contributed by atoms with Crippen LogP contribution in [0, 0.1) is 0 Å². The maximum absolute atomic E-state index is 12.2. The third kappa shape index (κ3) is 4.44. The summed E-state index contributed by atoms with van der Waals surface area (Å²) < 4.78 is 1.84. The minimum atomic E-state index is -0.546. The van der Waals surface area contributed by atoms with Crippen LogP contribution in [-0.4, -0.2) is 33.1 Å². The Morgan fingerprint density at radius 2 is 1.81 bits per heavy atom. The van der Waals surface area contributed by atoms with Crippen molar-refractivity contribution in [2.45, 2.75) is 6.54 Å². The van der Waals surface area contributed by atoms with Crippen molar-refractivity contribution < 1.29 is 9.59 Å². The number of primary amides is 1. The molecule has 3 aromatic rings. The maximum atomic E-state index is 12.2. The first kappa shape index (κ1) is 17.2. The Balaban J connectivity index is 1.59. The van der Waals surface area contributed by atoms with E-state index in [1.807, 2.05) is 28.8 Å². The highest BCUT2D eigenvalue weighted by Gasteiger charge is 2.09. The zero-order valence-corrected chi connectivity index (χ0v) is 13.9. The molecule has 26 heavy (non-hydrogen) atoms. The summed E-state index contributed by atoms with van der Waals surface area (Å²) in [6.07, 6.45) is 3.26. The van der Waals surface area contributed by atoms with Crippen LogP contribution in [0.3, 0.4) is 0 Å². The van der Waals surface area contributed by atoms with Gasteiger partial charge in [-0.2, -0.15) is 0 Å². The number of carbonyl (C=O) groups is 2. The molecule has 3 rings (SSSR count). The third-order valence-electron chi connectivity index (χ3n) is 3.67. The lowest BCUT2D eigenvalue weighted by Gasteiger charge is -2.11. The Morgan fingerprint density at radius 1 is 1.04 bits per heavy atom. The molecule has 4 N–H and O–H groups in total. The van der Waals surface area contributed by atoms with Gasteiger partial charge in [-0.3, -0.25) is 9.59 Å². The van der Waals surface area contributed by atoms with E-state index >= 15 is 0 Å². The van der Waals surface area contributed by atoms with Gasteiger partial charge in [0.15, 0.2) is 0 Å². The van der Waals surface area contributed by atoms with E-state index in [9.17, 15) is 9.59 Å². The summed E-state index contributed by atoms with van der Waals surface area (Å²) in [7, 11) is 0. The minimum Gasteiger partial charge on any atom is -0.376 e. The van der Waals surface area contributed by atoms with Crippen LogP contribution in [-0.2, 0) is 11.3 Å². The zero-order chi connectivity index (χ0) is 18.4. The topological polar surface area (TPSA) is 115 Å². The number of nitrogens with two attached hydrogens (primary N) is 1. The quantitative estimate of drug-likeness (QED) is 0.597.